The Morgan fingerprint density at radius 3 is 2.52 bits per heavy atom. The van der Waals surface area contributed by atoms with Crippen molar-refractivity contribution in [2.75, 3.05) is 24.2 Å². The summed E-state index contributed by atoms with van der Waals surface area (Å²) < 4.78 is 0. The van der Waals surface area contributed by atoms with Crippen LogP contribution in [0.1, 0.15) is 29.5 Å². The van der Waals surface area contributed by atoms with Crippen LogP contribution >= 0.6 is 11.8 Å². The summed E-state index contributed by atoms with van der Waals surface area (Å²) in [4.78, 5) is 14.2. The molecule has 5 heteroatoms. The zero-order valence-electron chi connectivity index (χ0n) is 18.9. The van der Waals surface area contributed by atoms with Gasteiger partial charge >= 0.3 is 0 Å². The van der Waals surface area contributed by atoms with Crippen LogP contribution in [-0.4, -0.2) is 29.9 Å². The average Bonchev–Trinajstić information content (AvgIpc) is 3.05. The van der Waals surface area contributed by atoms with Gasteiger partial charge in [-0.3, -0.25) is 4.79 Å². The molecule has 0 aromatic heterocycles. The largest absolute Gasteiger partial charge is 0.396 e. The van der Waals surface area contributed by atoms with E-state index in [0.717, 1.165) is 59.6 Å². The highest BCUT2D eigenvalue weighted by Gasteiger charge is 2.16. The quantitative estimate of drug-likeness (QED) is 0.382. The number of carbonyl (C=O) groups excluding carboxylic acids is 1. The minimum Gasteiger partial charge on any atom is -0.396 e. The fraction of sp³-hybridized carbons (Fsp3) is 0.250. The van der Waals surface area contributed by atoms with Gasteiger partial charge in [0.2, 0.25) is 0 Å². The molecule has 3 aromatic carbocycles. The normalized spacial score (nSPS) is 13.1. The molecule has 4 rings (SSSR count). The maximum atomic E-state index is 13.0. The molecular formula is C28H30N2O2S. The number of nitrogens with one attached hydrogen (secondary N) is 2. The first-order valence-electron chi connectivity index (χ1n) is 11.4. The predicted octanol–water partition coefficient (Wildman–Crippen LogP) is 5.65. The van der Waals surface area contributed by atoms with E-state index in [4.69, 9.17) is 5.11 Å². The third-order valence-corrected chi connectivity index (χ3v) is 6.79. The molecule has 1 aliphatic rings. The Hall–Kier alpha value is -2.86. The van der Waals surface area contributed by atoms with Crippen LogP contribution in [0, 0.1) is 6.92 Å². The summed E-state index contributed by atoms with van der Waals surface area (Å²) in [5.74, 6) is 0.840. The molecular weight excluding hydrogens is 428 g/mol. The summed E-state index contributed by atoms with van der Waals surface area (Å²) in [6.07, 6.45) is 3.52. The zero-order valence-corrected chi connectivity index (χ0v) is 19.8. The summed E-state index contributed by atoms with van der Waals surface area (Å²) in [6.45, 7) is 3.82. The van der Waals surface area contributed by atoms with E-state index >= 15 is 0 Å². The van der Waals surface area contributed by atoms with Crippen molar-refractivity contribution in [3.63, 3.8) is 0 Å². The van der Waals surface area contributed by atoms with Crippen LogP contribution in [0.4, 0.5) is 5.69 Å². The summed E-state index contributed by atoms with van der Waals surface area (Å²) in [6, 6.07) is 23.0. The number of hydrogen-bond donors (Lipinski definition) is 3. The number of benzene rings is 3. The minimum absolute atomic E-state index is 0.0435. The molecule has 0 radical (unpaired) electrons. The van der Waals surface area contributed by atoms with Crippen LogP contribution in [0.25, 0.3) is 17.2 Å². The number of aliphatic hydroxyl groups is 1. The molecule has 0 aliphatic carbocycles. The summed E-state index contributed by atoms with van der Waals surface area (Å²) in [5.41, 5.74) is 7.44. The van der Waals surface area contributed by atoms with Crippen molar-refractivity contribution in [2.45, 2.75) is 31.2 Å². The fourth-order valence-electron chi connectivity index (χ4n) is 3.78. The molecule has 4 nitrogen and oxygen atoms in total. The lowest BCUT2D eigenvalue weighted by atomic mass is 10.0. The fourth-order valence-corrected chi connectivity index (χ4v) is 4.77. The first-order valence-corrected chi connectivity index (χ1v) is 12.4. The average molecular weight is 459 g/mol. The second-order valence-corrected chi connectivity index (χ2v) is 9.43. The summed E-state index contributed by atoms with van der Waals surface area (Å²) in [7, 11) is 0. The van der Waals surface area contributed by atoms with E-state index in [-0.39, 0.29) is 12.5 Å². The van der Waals surface area contributed by atoms with Gasteiger partial charge in [-0.15, -0.1) is 11.8 Å². The van der Waals surface area contributed by atoms with Gasteiger partial charge in [0.15, 0.2) is 0 Å². The van der Waals surface area contributed by atoms with Crippen molar-refractivity contribution in [1.29, 1.82) is 0 Å². The smallest absolute Gasteiger partial charge is 0.251 e. The first-order chi connectivity index (χ1) is 16.1. The Kier molecular flexibility index (Phi) is 8.00. The molecule has 0 unspecified atom stereocenters. The van der Waals surface area contributed by atoms with Gasteiger partial charge in [0.1, 0.15) is 0 Å². The second-order valence-electron chi connectivity index (χ2n) is 8.29. The number of thioether (sulfide) groups is 1. The van der Waals surface area contributed by atoms with Gasteiger partial charge in [0.05, 0.1) is 0 Å². The highest BCUT2D eigenvalue weighted by molar-refractivity contribution is 7.99. The van der Waals surface area contributed by atoms with E-state index in [1.54, 1.807) is 11.8 Å². The molecule has 1 amide bonds. The number of carbonyl (C=O) groups is 1. The first kappa shape index (κ1) is 23.3. The second kappa shape index (κ2) is 11.3. The monoisotopic (exact) mass is 458 g/mol. The molecule has 170 valence electrons. The Bertz CT molecular complexity index is 1120. The van der Waals surface area contributed by atoms with Crippen molar-refractivity contribution < 1.29 is 9.90 Å². The van der Waals surface area contributed by atoms with Gasteiger partial charge in [0.25, 0.3) is 5.91 Å². The number of anilines is 1. The number of fused-ring (bicyclic) bond motifs is 1. The molecule has 0 bridgehead atoms. The number of aryl methyl sites for hydroxylation is 1. The Morgan fingerprint density at radius 2 is 1.76 bits per heavy atom. The van der Waals surface area contributed by atoms with Crippen LogP contribution in [0.2, 0.25) is 0 Å². The molecule has 0 saturated heterocycles. The Labute approximate surface area is 200 Å². The molecule has 0 fully saturated rings. The SMILES string of the molecule is Cc1ccc(-c2ccc3c(c2)C=C(C(=O)Nc2ccc(CNCCCO)cc2)CCS3)cc1. The van der Waals surface area contributed by atoms with Crippen LogP contribution < -0.4 is 10.6 Å². The molecule has 33 heavy (non-hydrogen) atoms. The van der Waals surface area contributed by atoms with Gasteiger partial charge in [-0.05, 0) is 78.9 Å². The summed E-state index contributed by atoms with van der Waals surface area (Å²) in [5, 5.41) is 15.2. The number of amides is 1. The third kappa shape index (κ3) is 6.35. The Morgan fingerprint density at radius 1 is 1.00 bits per heavy atom. The molecule has 0 atom stereocenters. The van der Waals surface area contributed by atoms with Crippen LogP contribution in [-0.2, 0) is 11.3 Å². The predicted molar refractivity (Wildman–Crippen MR) is 138 cm³/mol. The van der Waals surface area contributed by atoms with Crippen molar-refractivity contribution in [3.8, 4) is 11.1 Å². The number of rotatable bonds is 8. The Balaban J connectivity index is 1.46. The standard InChI is InChI=1S/C28H30N2O2S/c1-20-3-7-22(8-4-20)23-9-12-27-25(17-23)18-24(13-16-33-27)28(32)30-26-10-5-21(6-11-26)19-29-14-2-15-31/h3-12,17-18,29,31H,2,13-16,19H2,1H3,(H,30,32). The maximum Gasteiger partial charge on any atom is 0.251 e. The summed E-state index contributed by atoms with van der Waals surface area (Å²) >= 11 is 1.80. The lowest BCUT2D eigenvalue weighted by Crippen LogP contribution is -2.16. The van der Waals surface area contributed by atoms with Crippen molar-refractivity contribution in [2.24, 2.45) is 0 Å². The number of aliphatic hydroxyl groups excluding tert-OH is 1. The highest BCUT2D eigenvalue weighted by atomic mass is 32.2. The lowest BCUT2D eigenvalue weighted by molar-refractivity contribution is -0.112. The van der Waals surface area contributed by atoms with Gasteiger partial charge < -0.3 is 15.7 Å². The van der Waals surface area contributed by atoms with Crippen LogP contribution in [0.15, 0.2) is 77.2 Å². The molecule has 1 aliphatic heterocycles. The van der Waals surface area contributed by atoms with E-state index in [0.29, 0.717) is 0 Å². The maximum absolute atomic E-state index is 13.0. The van der Waals surface area contributed by atoms with E-state index in [2.05, 4.69) is 60.0 Å². The third-order valence-electron chi connectivity index (χ3n) is 5.70. The molecule has 0 saturated carbocycles. The van der Waals surface area contributed by atoms with Gasteiger partial charge in [-0.2, -0.15) is 0 Å². The molecule has 3 N–H and O–H groups in total. The number of hydrogen-bond acceptors (Lipinski definition) is 4. The minimum atomic E-state index is -0.0435. The van der Waals surface area contributed by atoms with E-state index in [1.165, 1.54) is 16.0 Å². The van der Waals surface area contributed by atoms with E-state index in [9.17, 15) is 4.79 Å². The van der Waals surface area contributed by atoms with Crippen molar-refractivity contribution >= 4 is 29.4 Å². The molecule has 1 heterocycles. The van der Waals surface area contributed by atoms with Crippen LogP contribution in [0.3, 0.4) is 0 Å². The molecule has 3 aromatic rings. The van der Waals surface area contributed by atoms with Gasteiger partial charge in [0, 0.05) is 35.1 Å². The highest BCUT2D eigenvalue weighted by Crippen LogP contribution is 2.34. The van der Waals surface area contributed by atoms with Crippen LogP contribution in [0.5, 0.6) is 0 Å². The van der Waals surface area contributed by atoms with Gasteiger partial charge in [-0.25, -0.2) is 0 Å². The lowest BCUT2D eigenvalue weighted by Gasteiger charge is -2.09. The van der Waals surface area contributed by atoms with Crippen molar-refractivity contribution in [1.82, 2.24) is 5.32 Å². The molecule has 0 spiro atoms. The van der Waals surface area contributed by atoms with E-state index < -0.39 is 0 Å². The van der Waals surface area contributed by atoms with Gasteiger partial charge in [-0.1, -0.05) is 48.0 Å². The zero-order chi connectivity index (χ0) is 23.0. The topological polar surface area (TPSA) is 61.4 Å². The van der Waals surface area contributed by atoms with E-state index in [1.807, 2.05) is 30.3 Å². The van der Waals surface area contributed by atoms with Crippen molar-refractivity contribution in [3.05, 3.63) is 89.0 Å².